The summed E-state index contributed by atoms with van der Waals surface area (Å²) in [5, 5.41) is 21.8. The van der Waals surface area contributed by atoms with Crippen molar-refractivity contribution >= 4 is 21.6 Å². The van der Waals surface area contributed by atoms with Gasteiger partial charge in [0.15, 0.2) is 11.5 Å². The summed E-state index contributed by atoms with van der Waals surface area (Å²) >= 11 is 3.31. The number of benzene rings is 2. The minimum absolute atomic E-state index is 0.177. The largest absolute Gasteiger partial charge is 0.486 e. The molecule has 1 aliphatic rings. The molecule has 0 aromatic heterocycles. The molecule has 0 bridgehead atoms. The third kappa shape index (κ3) is 2.77. The molecule has 22 heavy (non-hydrogen) atoms. The van der Waals surface area contributed by atoms with Crippen molar-refractivity contribution < 1.29 is 19.5 Å². The van der Waals surface area contributed by atoms with Crippen LogP contribution in [0, 0.1) is 10.1 Å². The van der Waals surface area contributed by atoms with Gasteiger partial charge in [0.1, 0.15) is 19.3 Å². The molecule has 3 rings (SSSR count). The number of hydrogen-bond acceptors (Lipinski definition) is 5. The second-order valence-corrected chi connectivity index (χ2v) is 5.68. The second kappa shape index (κ2) is 5.94. The Labute approximate surface area is 134 Å². The van der Waals surface area contributed by atoms with Crippen LogP contribution in [0.1, 0.15) is 17.2 Å². The number of nitro benzene ring substituents is 1. The monoisotopic (exact) mass is 365 g/mol. The molecule has 1 aliphatic heterocycles. The first-order valence-corrected chi connectivity index (χ1v) is 7.37. The Morgan fingerprint density at radius 1 is 1.14 bits per heavy atom. The maximum atomic E-state index is 11.3. The van der Waals surface area contributed by atoms with Crippen LogP contribution < -0.4 is 9.47 Å². The van der Waals surface area contributed by atoms with Gasteiger partial charge in [0.05, 0.1) is 16.6 Å². The Hall–Kier alpha value is -2.12. The van der Waals surface area contributed by atoms with E-state index in [9.17, 15) is 15.2 Å². The molecule has 0 radical (unpaired) electrons. The molecule has 1 unspecified atom stereocenters. The average Bonchev–Trinajstić information content (AvgIpc) is 2.53. The van der Waals surface area contributed by atoms with Gasteiger partial charge in [-0.25, -0.2) is 0 Å². The predicted octanol–water partition coefficient (Wildman–Crippen LogP) is 3.21. The molecular formula is C15H12BrNO5. The molecule has 1 N–H and O–H groups in total. The van der Waals surface area contributed by atoms with Crippen molar-refractivity contribution in [1.29, 1.82) is 0 Å². The van der Waals surface area contributed by atoms with Gasteiger partial charge in [-0.1, -0.05) is 28.1 Å². The lowest BCUT2D eigenvalue weighted by atomic mass is 9.99. The van der Waals surface area contributed by atoms with Gasteiger partial charge in [-0.15, -0.1) is 0 Å². The normalized spacial score (nSPS) is 14.5. The molecule has 1 heterocycles. The van der Waals surface area contributed by atoms with Crippen molar-refractivity contribution in [2.24, 2.45) is 0 Å². The fraction of sp³-hybridized carbons (Fsp3) is 0.200. The summed E-state index contributed by atoms with van der Waals surface area (Å²) in [5.41, 5.74) is 0.541. The molecule has 2 aromatic rings. The van der Waals surface area contributed by atoms with Crippen molar-refractivity contribution in [3.63, 3.8) is 0 Å². The Morgan fingerprint density at radius 2 is 1.73 bits per heavy atom. The summed E-state index contributed by atoms with van der Waals surface area (Å²) < 4.78 is 11.7. The number of aliphatic hydroxyl groups is 1. The molecule has 0 saturated heterocycles. The average molecular weight is 366 g/mol. The number of ether oxygens (including phenoxy) is 2. The molecule has 0 amide bonds. The van der Waals surface area contributed by atoms with Crippen LogP contribution in [0.3, 0.4) is 0 Å². The zero-order valence-electron chi connectivity index (χ0n) is 11.4. The molecule has 0 aliphatic carbocycles. The van der Waals surface area contributed by atoms with E-state index in [0.717, 1.165) is 4.47 Å². The van der Waals surface area contributed by atoms with Gasteiger partial charge in [0.2, 0.25) is 0 Å². The van der Waals surface area contributed by atoms with E-state index in [0.29, 0.717) is 30.3 Å². The highest BCUT2D eigenvalue weighted by molar-refractivity contribution is 9.10. The van der Waals surface area contributed by atoms with E-state index in [2.05, 4.69) is 15.9 Å². The van der Waals surface area contributed by atoms with Crippen LogP contribution in [0.15, 0.2) is 40.9 Å². The van der Waals surface area contributed by atoms with Crippen molar-refractivity contribution in [3.8, 4) is 11.5 Å². The third-order valence-corrected chi connectivity index (χ3v) is 3.90. The highest BCUT2D eigenvalue weighted by Gasteiger charge is 2.27. The summed E-state index contributed by atoms with van der Waals surface area (Å²) in [6, 6.07) is 9.71. The molecule has 114 valence electrons. The van der Waals surface area contributed by atoms with Crippen molar-refractivity contribution in [2.45, 2.75) is 6.10 Å². The first-order valence-electron chi connectivity index (χ1n) is 6.57. The second-order valence-electron chi connectivity index (χ2n) is 4.77. The van der Waals surface area contributed by atoms with E-state index in [-0.39, 0.29) is 11.3 Å². The summed E-state index contributed by atoms with van der Waals surface area (Å²) in [7, 11) is 0. The third-order valence-electron chi connectivity index (χ3n) is 3.37. The number of hydrogen-bond donors (Lipinski definition) is 1. The number of aliphatic hydroxyl groups excluding tert-OH is 1. The van der Waals surface area contributed by atoms with Crippen molar-refractivity contribution in [1.82, 2.24) is 0 Å². The zero-order valence-corrected chi connectivity index (χ0v) is 12.9. The van der Waals surface area contributed by atoms with E-state index in [1.165, 1.54) is 12.1 Å². The lowest BCUT2D eigenvalue weighted by Gasteiger charge is -2.20. The molecule has 6 nitrogen and oxygen atoms in total. The number of nitrogens with zero attached hydrogens (tertiary/aromatic N) is 1. The van der Waals surface area contributed by atoms with Crippen LogP contribution in [0.4, 0.5) is 5.69 Å². The molecule has 0 fully saturated rings. The first kappa shape index (κ1) is 14.8. The highest BCUT2D eigenvalue weighted by atomic mass is 79.9. The quantitative estimate of drug-likeness (QED) is 0.666. The van der Waals surface area contributed by atoms with E-state index in [1.807, 2.05) is 0 Å². The van der Waals surface area contributed by atoms with E-state index >= 15 is 0 Å². The highest BCUT2D eigenvalue weighted by Crippen LogP contribution is 2.40. The number of halogens is 1. The Morgan fingerprint density at radius 3 is 2.32 bits per heavy atom. The van der Waals surface area contributed by atoms with Crippen molar-refractivity contribution in [3.05, 3.63) is 62.1 Å². The van der Waals surface area contributed by atoms with Crippen LogP contribution in [0.2, 0.25) is 0 Å². The number of fused-ring (bicyclic) bond motifs is 1. The minimum atomic E-state index is -1.12. The predicted molar refractivity (Wildman–Crippen MR) is 82.3 cm³/mol. The summed E-state index contributed by atoms with van der Waals surface area (Å²) in [6.45, 7) is 0.720. The van der Waals surface area contributed by atoms with Crippen LogP contribution in [0.25, 0.3) is 0 Å². The lowest BCUT2D eigenvalue weighted by Crippen LogP contribution is -2.16. The van der Waals surface area contributed by atoms with Gasteiger partial charge in [0, 0.05) is 4.47 Å². The van der Waals surface area contributed by atoms with Gasteiger partial charge in [-0.05, 0) is 23.8 Å². The molecule has 2 aromatic carbocycles. The zero-order chi connectivity index (χ0) is 15.7. The Balaban J connectivity index is 2.07. The fourth-order valence-corrected chi connectivity index (χ4v) is 2.56. The summed E-state index contributed by atoms with van der Waals surface area (Å²) in [5.74, 6) is 0.729. The van der Waals surface area contributed by atoms with Gasteiger partial charge in [0.25, 0.3) is 5.69 Å². The first-order chi connectivity index (χ1) is 10.6. The smallest absolute Gasteiger partial charge is 0.279 e. The van der Waals surface area contributed by atoms with Gasteiger partial charge >= 0.3 is 0 Å². The Bertz CT molecular complexity index is 717. The van der Waals surface area contributed by atoms with E-state index in [1.54, 1.807) is 24.3 Å². The standard InChI is InChI=1S/C15H12BrNO5/c16-10-3-1-9(2-4-10)15(18)11-7-13-14(22-6-5-21-13)8-12(11)17(19)20/h1-4,7-8,15,18H,5-6H2. The van der Waals surface area contributed by atoms with E-state index < -0.39 is 11.0 Å². The van der Waals surface area contributed by atoms with Gasteiger partial charge in [-0.3, -0.25) is 10.1 Å². The maximum Gasteiger partial charge on any atom is 0.279 e. The number of nitro groups is 1. The van der Waals surface area contributed by atoms with Crippen LogP contribution in [-0.4, -0.2) is 23.2 Å². The van der Waals surface area contributed by atoms with E-state index in [4.69, 9.17) is 9.47 Å². The maximum absolute atomic E-state index is 11.3. The summed E-state index contributed by atoms with van der Waals surface area (Å²) in [4.78, 5) is 10.8. The molecule has 0 saturated carbocycles. The van der Waals surface area contributed by atoms with Gasteiger partial charge in [-0.2, -0.15) is 0 Å². The SMILES string of the molecule is O=[N+]([O-])c1cc2c(cc1C(O)c1ccc(Br)cc1)OCCO2. The van der Waals surface area contributed by atoms with Crippen LogP contribution >= 0.6 is 15.9 Å². The number of rotatable bonds is 3. The fourth-order valence-electron chi connectivity index (χ4n) is 2.30. The summed E-state index contributed by atoms with van der Waals surface area (Å²) in [6.07, 6.45) is -1.12. The molecular weight excluding hydrogens is 354 g/mol. The van der Waals surface area contributed by atoms with Crippen LogP contribution in [-0.2, 0) is 0 Å². The molecule has 1 atom stereocenters. The topological polar surface area (TPSA) is 81.8 Å². The van der Waals surface area contributed by atoms with Crippen molar-refractivity contribution in [2.75, 3.05) is 13.2 Å². The lowest BCUT2D eigenvalue weighted by molar-refractivity contribution is -0.386. The van der Waals surface area contributed by atoms with Crippen LogP contribution in [0.5, 0.6) is 11.5 Å². The molecule has 7 heteroatoms. The molecule has 0 spiro atoms. The Kier molecular flexibility index (Phi) is 4.00. The van der Waals surface area contributed by atoms with Gasteiger partial charge < -0.3 is 14.6 Å². The minimum Gasteiger partial charge on any atom is -0.486 e.